The zero-order chi connectivity index (χ0) is 27.2. The lowest BCUT2D eigenvalue weighted by Gasteiger charge is -2.37. The summed E-state index contributed by atoms with van der Waals surface area (Å²) in [6.07, 6.45) is 0.404. The minimum absolute atomic E-state index is 0.0352. The highest BCUT2D eigenvalue weighted by Crippen LogP contribution is 2.37. The average molecular weight is 557 g/mol. The molecule has 1 atom stereocenters. The van der Waals surface area contributed by atoms with Gasteiger partial charge in [-0.15, -0.1) is 0 Å². The number of nitrogens with zero attached hydrogens (tertiary/aromatic N) is 3. The number of nitrogens with two attached hydrogens (primary N) is 1. The Kier molecular flexibility index (Phi) is 7.70. The number of piperazine rings is 1. The fourth-order valence-corrected chi connectivity index (χ4v) is 7.51. The Morgan fingerprint density at radius 3 is 2.14 bits per heavy atom. The van der Waals surface area contributed by atoms with Crippen molar-refractivity contribution < 1.29 is 25.6 Å². The van der Waals surface area contributed by atoms with Crippen molar-refractivity contribution in [2.24, 2.45) is 10.6 Å². The first-order valence-electron chi connectivity index (χ1n) is 12.2. The highest BCUT2D eigenvalue weighted by Gasteiger charge is 2.34. The number of anilines is 1. The number of hydrogen-bond acceptors (Lipinski definition) is 6. The zero-order valence-corrected chi connectivity index (χ0v) is 23.0. The maximum atomic E-state index is 14.3. The summed E-state index contributed by atoms with van der Waals surface area (Å²) < 4.78 is 81.8. The quantitative estimate of drug-likeness (QED) is 0.587. The Morgan fingerprint density at radius 1 is 0.946 bits per heavy atom. The van der Waals surface area contributed by atoms with Crippen LogP contribution in [0, 0.1) is 17.0 Å². The number of sulfonamides is 2. The molecule has 2 aromatic carbocycles. The van der Waals surface area contributed by atoms with Crippen molar-refractivity contribution in [1.29, 1.82) is 0 Å². The molecule has 2 aliphatic rings. The van der Waals surface area contributed by atoms with E-state index in [1.165, 1.54) is 34.6 Å². The lowest BCUT2D eigenvalue weighted by Crippen LogP contribution is -2.50. The lowest BCUT2D eigenvalue weighted by atomic mass is 9.96. The molecule has 0 bridgehead atoms. The molecule has 2 aliphatic heterocycles. The SMILES string of the molecule is CC(C)(C)CN1CCN(S(=O)(=O)c2ccc(N3CCC(c4c(F)cccc4F)C3)c(S(N)(=O)=O)c2)CC1. The summed E-state index contributed by atoms with van der Waals surface area (Å²) >= 11 is 0. The highest BCUT2D eigenvalue weighted by atomic mass is 32.2. The summed E-state index contributed by atoms with van der Waals surface area (Å²) in [5.74, 6) is -1.78. The number of hydrogen-bond donors (Lipinski definition) is 1. The van der Waals surface area contributed by atoms with Crippen molar-refractivity contribution in [2.75, 3.05) is 50.7 Å². The van der Waals surface area contributed by atoms with Gasteiger partial charge in [0.1, 0.15) is 16.5 Å². The van der Waals surface area contributed by atoms with E-state index in [-0.39, 0.29) is 33.0 Å². The van der Waals surface area contributed by atoms with Gasteiger partial charge in [0.25, 0.3) is 0 Å². The van der Waals surface area contributed by atoms with Crippen LogP contribution in [0.5, 0.6) is 0 Å². The largest absolute Gasteiger partial charge is 0.370 e. The first-order valence-corrected chi connectivity index (χ1v) is 15.2. The van der Waals surface area contributed by atoms with Crippen LogP contribution in [0.1, 0.15) is 38.7 Å². The van der Waals surface area contributed by atoms with Crippen LogP contribution in [0.25, 0.3) is 0 Å². The van der Waals surface area contributed by atoms with Gasteiger partial charge in [0.05, 0.1) is 10.6 Å². The van der Waals surface area contributed by atoms with Crippen LogP contribution in [0.4, 0.5) is 14.5 Å². The Bertz CT molecular complexity index is 1350. The molecule has 0 aliphatic carbocycles. The van der Waals surface area contributed by atoms with Gasteiger partial charge in [-0.2, -0.15) is 4.31 Å². The molecule has 2 heterocycles. The molecular formula is C25H34F2N4O4S2. The van der Waals surface area contributed by atoms with E-state index in [4.69, 9.17) is 5.14 Å². The van der Waals surface area contributed by atoms with Crippen molar-refractivity contribution in [1.82, 2.24) is 9.21 Å². The average Bonchev–Trinajstić information content (AvgIpc) is 3.27. The molecule has 2 saturated heterocycles. The van der Waals surface area contributed by atoms with E-state index in [0.717, 1.165) is 12.6 Å². The minimum atomic E-state index is -4.29. The van der Waals surface area contributed by atoms with Gasteiger partial charge in [-0.3, -0.25) is 0 Å². The van der Waals surface area contributed by atoms with Crippen molar-refractivity contribution in [3.8, 4) is 0 Å². The number of benzene rings is 2. The summed E-state index contributed by atoms with van der Waals surface area (Å²) in [5, 5.41) is 5.50. The minimum Gasteiger partial charge on any atom is -0.370 e. The molecule has 2 aromatic rings. The van der Waals surface area contributed by atoms with Gasteiger partial charge < -0.3 is 9.80 Å². The van der Waals surface area contributed by atoms with Crippen LogP contribution in [-0.4, -0.2) is 71.9 Å². The first kappa shape index (κ1) is 27.9. The van der Waals surface area contributed by atoms with Crippen LogP contribution in [0.15, 0.2) is 46.2 Å². The first-order chi connectivity index (χ1) is 17.2. The van der Waals surface area contributed by atoms with Gasteiger partial charge in [-0.25, -0.2) is 30.8 Å². The molecule has 0 amide bonds. The number of rotatable bonds is 6. The van der Waals surface area contributed by atoms with Gasteiger partial charge in [-0.1, -0.05) is 26.8 Å². The monoisotopic (exact) mass is 556 g/mol. The number of primary sulfonamides is 1. The summed E-state index contributed by atoms with van der Waals surface area (Å²) in [6, 6.07) is 7.57. The van der Waals surface area contributed by atoms with Crippen LogP contribution < -0.4 is 10.0 Å². The van der Waals surface area contributed by atoms with Crippen molar-refractivity contribution in [3.05, 3.63) is 53.6 Å². The molecule has 0 aromatic heterocycles. The molecular weight excluding hydrogens is 522 g/mol. The second kappa shape index (κ2) is 10.2. The molecule has 0 spiro atoms. The summed E-state index contributed by atoms with van der Waals surface area (Å²) in [7, 11) is -8.24. The van der Waals surface area contributed by atoms with Crippen LogP contribution >= 0.6 is 0 Å². The standard InChI is InChI=1S/C25H34F2N4O4S2/c1-25(2,3)17-29-11-13-31(14-12-29)37(34,35)19-7-8-22(23(15-19)36(28,32)33)30-10-9-18(16-30)24-20(26)5-4-6-21(24)27/h4-8,15,18H,9-14,16-17H2,1-3H3,(H2,28,32,33). The number of halogens is 2. The summed E-state index contributed by atoms with van der Waals surface area (Å²) in [6.45, 7) is 9.49. The highest BCUT2D eigenvalue weighted by molar-refractivity contribution is 7.90. The predicted molar refractivity (Wildman–Crippen MR) is 138 cm³/mol. The smallest absolute Gasteiger partial charge is 0.243 e. The van der Waals surface area contributed by atoms with E-state index in [9.17, 15) is 25.6 Å². The molecule has 204 valence electrons. The lowest BCUT2D eigenvalue weighted by molar-refractivity contribution is 0.141. The van der Waals surface area contributed by atoms with Gasteiger partial charge in [0.2, 0.25) is 20.0 Å². The van der Waals surface area contributed by atoms with Crippen molar-refractivity contribution >= 4 is 25.7 Å². The third kappa shape index (κ3) is 6.14. The van der Waals surface area contributed by atoms with E-state index in [1.54, 1.807) is 4.90 Å². The maximum Gasteiger partial charge on any atom is 0.243 e. The predicted octanol–water partition coefficient (Wildman–Crippen LogP) is 2.96. The Morgan fingerprint density at radius 2 is 1.57 bits per heavy atom. The van der Waals surface area contributed by atoms with Crippen LogP contribution in [-0.2, 0) is 20.0 Å². The topological polar surface area (TPSA) is 104 Å². The van der Waals surface area contributed by atoms with Gasteiger partial charge >= 0.3 is 0 Å². The van der Waals surface area contributed by atoms with Crippen LogP contribution in [0.2, 0.25) is 0 Å². The Hall–Kier alpha value is -2.12. The molecule has 2 N–H and O–H groups in total. The van der Waals surface area contributed by atoms with E-state index >= 15 is 0 Å². The fraction of sp³-hybridized carbons (Fsp3) is 0.520. The molecule has 1 unspecified atom stereocenters. The van der Waals surface area contributed by atoms with Crippen molar-refractivity contribution in [3.63, 3.8) is 0 Å². The van der Waals surface area contributed by atoms with Gasteiger partial charge in [0, 0.05) is 57.3 Å². The maximum absolute atomic E-state index is 14.3. The second-order valence-corrected chi connectivity index (χ2v) is 14.5. The molecule has 2 fully saturated rings. The summed E-state index contributed by atoms with van der Waals surface area (Å²) in [4.78, 5) is 3.42. The Labute approximate surface area is 218 Å². The molecule has 0 radical (unpaired) electrons. The van der Waals surface area contributed by atoms with E-state index < -0.39 is 37.6 Å². The third-order valence-electron chi connectivity index (χ3n) is 6.84. The van der Waals surface area contributed by atoms with E-state index in [0.29, 0.717) is 39.1 Å². The molecule has 0 saturated carbocycles. The zero-order valence-electron chi connectivity index (χ0n) is 21.3. The molecule has 8 nitrogen and oxygen atoms in total. The molecule has 37 heavy (non-hydrogen) atoms. The van der Waals surface area contributed by atoms with Gasteiger partial charge in [-0.05, 0) is 42.2 Å². The third-order valence-corrected chi connectivity index (χ3v) is 9.68. The van der Waals surface area contributed by atoms with Crippen LogP contribution in [0.3, 0.4) is 0 Å². The van der Waals surface area contributed by atoms with Crippen molar-refractivity contribution in [2.45, 2.75) is 42.9 Å². The van der Waals surface area contributed by atoms with Gasteiger partial charge in [0.15, 0.2) is 0 Å². The van der Waals surface area contributed by atoms with E-state index in [1.807, 2.05) is 0 Å². The summed E-state index contributed by atoms with van der Waals surface area (Å²) in [5.41, 5.74) is 0.274. The normalized spacial score (nSPS) is 20.5. The second-order valence-electron chi connectivity index (χ2n) is 11.0. The molecule has 4 rings (SSSR count). The fourth-order valence-electron chi connectivity index (χ4n) is 5.21. The Balaban J connectivity index is 1.58. The van der Waals surface area contributed by atoms with E-state index in [2.05, 4.69) is 25.7 Å². The molecule has 12 heteroatoms.